The van der Waals surface area contributed by atoms with Gasteiger partial charge in [-0.3, -0.25) is 4.79 Å². The minimum absolute atomic E-state index is 0.187. The van der Waals surface area contributed by atoms with Crippen LogP contribution in [0.5, 0.6) is 11.5 Å². The Hall–Kier alpha value is -2.04. The fourth-order valence-corrected chi connectivity index (χ4v) is 2.63. The molecule has 0 aliphatic rings. The van der Waals surface area contributed by atoms with Crippen molar-refractivity contribution in [2.45, 2.75) is 45.6 Å². The summed E-state index contributed by atoms with van der Waals surface area (Å²) in [6.07, 6.45) is 1.55. The first-order valence-electron chi connectivity index (χ1n) is 9.18. The van der Waals surface area contributed by atoms with E-state index in [-0.39, 0.29) is 12.6 Å². The lowest BCUT2D eigenvalue weighted by Gasteiger charge is -2.24. The second-order valence-corrected chi connectivity index (χ2v) is 7.69. The standard InChI is InChI=1S/C22H27ClO4/c1-16(2)4-13-21(24)26-15-14-22(3,25)17-5-9-19(10-6-17)27-20-11-7-18(23)8-12-20/h5-12,16,25H,4,13-15H2,1-3H3. The molecule has 2 rings (SSSR count). The molecule has 146 valence electrons. The summed E-state index contributed by atoms with van der Waals surface area (Å²) in [7, 11) is 0. The van der Waals surface area contributed by atoms with Crippen molar-refractivity contribution in [1.82, 2.24) is 0 Å². The monoisotopic (exact) mass is 390 g/mol. The maximum atomic E-state index is 11.7. The summed E-state index contributed by atoms with van der Waals surface area (Å²) in [5.41, 5.74) is -0.346. The van der Waals surface area contributed by atoms with Gasteiger partial charge in [-0.25, -0.2) is 0 Å². The molecule has 0 spiro atoms. The largest absolute Gasteiger partial charge is 0.466 e. The van der Waals surface area contributed by atoms with Gasteiger partial charge in [-0.15, -0.1) is 0 Å². The minimum Gasteiger partial charge on any atom is -0.466 e. The van der Waals surface area contributed by atoms with E-state index in [1.165, 1.54) is 0 Å². The Labute approximate surface area is 166 Å². The molecule has 0 aromatic heterocycles. The highest BCUT2D eigenvalue weighted by Gasteiger charge is 2.23. The maximum Gasteiger partial charge on any atom is 0.305 e. The van der Waals surface area contributed by atoms with Crippen LogP contribution in [-0.2, 0) is 15.1 Å². The van der Waals surface area contributed by atoms with Crippen LogP contribution >= 0.6 is 11.6 Å². The van der Waals surface area contributed by atoms with Crippen molar-refractivity contribution in [2.24, 2.45) is 5.92 Å². The molecular formula is C22H27ClO4. The second kappa shape index (κ2) is 9.77. The number of aliphatic hydroxyl groups is 1. The number of ether oxygens (including phenoxy) is 2. The molecule has 0 amide bonds. The molecule has 0 radical (unpaired) electrons. The van der Waals surface area contributed by atoms with Crippen molar-refractivity contribution >= 4 is 17.6 Å². The van der Waals surface area contributed by atoms with Crippen molar-refractivity contribution in [3.8, 4) is 11.5 Å². The minimum atomic E-state index is -1.09. The fraction of sp³-hybridized carbons (Fsp3) is 0.409. The van der Waals surface area contributed by atoms with Gasteiger partial charge in [0.05, 0.1) is 12.2 Å². The topological polar surface area (TPSA) is 55.8 Å². The molecule has 0 aliphatic carbocycles. The van der Waals surface area contributed by atoms with Crippen molar-refractivity contribution in [2.75, 3.05) is 6.61 Å². The summed E-state index contributed by atoms with van der Waals surface area (Å²) < 4.78 is 11.0. The highest BCUT2D eigenvalue weighted by molar-refractivity contribution is 6.30. The van der Waals surface area contributed by atoms with Crippen molar-refractivity contribution < 1.29 is 19.4 Å². The molecule has 0 heterocycles. The second-order valence-electron chi connectivity index (χ2n) is 7.26. The number of benzene rings is 2. The maximum absolute atomic E-state index is 11.7. The van der Waals surface area contributed by atoms with Crippen LogP contribution in [0.4, 0.5) is 0 Å². The molecule has 1 atom stereocenters. The van der Waals surface area contributed by atoms with Crippen LogP contribution in [0.1, 0.15) is 45.6 Å². The van der Waals surface area contributed by atoms with Crippen LogP contribution in [0.3, 0.4) is 0 Å². The van der Waals surface area contributed by atoms with Crippen LogP contribution in [0.15, 0.2) is 48.5 Å². The van der Waals surface area contributed by atoms with E-state index in [4.69, 9.17) is 21.1 Å². The molecule has 2 aromatic carbocycles. The number of hydrogen-bond donors (Lipinski definition) is 1. The molecule has 0 aliphatic heterocycles. The van der Waals surface area contributed by atoms with Crippen LogP contribution in [-0.4, -0.2) is 17.7 Å². The highest BCUT2D eigenvalue weighted by Crippen LogP contribution is 2.28. The lowest BCUT2D eigenvalue weighted by atomic mass is 9.93. The summed E-state index contributed by atoms with van der Waals surface area (Å²) in [4.78, 5) is 11.7. The molecule has 0 saturated carbocycles. The first-order valence-corrected chi connectivity index (χ1v) is 9.56. The quantitative estimate of drug-likeness (QED) is 0.557. The number of esters is 1. The molecule has 1 unspecified atom stereocenters. The van der Waals surface area contributed by atoms with Gasteiger partial charge in [0.25, 0.3) is 0 Å². The van der Waals surface area contributed by atoms with Gasteiger partial charge in [0.15, 0.2) is 0 Å². The number of carbonyl (C=O) groups excluding carboxylic acids is 1. The van der Waals surface area contributed by atoms with Gasteiger partial charge in [0.2, 0.25) is 0 Å². The molecule has 27 heavy (non-hydrogen) atoms. The molecule has 2 aromatic rings. The molecular weight excluding hydrogens is 364 g/mol. The van der Waals surface area contributed by atoms with Gasteiger partial charge >= 0.3 is 5.97 Å². The zero-order chi connectivity index (χ0) is 19.9. The number of halogens is 1. The number of hydrogen-bond acceptors (Lipinski definition) is 4. The van der Waals surface area contributed by atoms with E-state index >= 15 is 0 Å². The third kappa shape index (κ3) is 7.24. The Morgan fingerprint density at radius 2 is 1.63 bits per heavy atom. The lowest BCUT2D eigenvalue weighted by molar-refractivity contribution is -0.145. The third-order valence-electron chi connectivity index (χ3n) is 4.30. The molecule has 4 nitrogen and oxygen atoms in total. The Morgan fingerprint density at radius 1 is 1.07 bits per heavy atom. The van der Waals surface area contributed by atoms with Crippen molar-refractivity contribution in [3.63, 3.8) is 0 Å². The van der Waals surface area contributed by atoms with Crippen molar-refractivity contribution in [1.29, 1.82) is 0 Å². The summed E-state index contributed by atoms with van der Waals surface area (Å²) >= 11 is 5.86. The number of carbonyl (C=O) groups is 1. The number of rotatable bonds is 9. The first kappa shape index (κ1) is 21.3. The predicted molar refractivity (Wildman–Crippen MR) is 107 cm³/mol. The Bertz CT molecular complexity index is 721. The fourth-order valence-electron chi connectivity index (χ4n) is 2.51. The normalized spacial score (nSPS) is 13.3. The van der Waals surface area contributed by atoms with Gasteiger partial charge in [0, 0.05) is 17.9 Å². The summed E-state index contributed by atoms with van der Waals surface area (Å²) in [5.74, 6) is 1.60. The molecule has 5 heteroatoms. The van der Waals surface area contributed by atoms with E-state index in [1.54, 1.807) is 43.3 Å². The van der Waals surface area contributed by atoms with Crippen LogP contribution in [0.25, 0.3) is 0 Å². The van der Waals surface area contributed by atoms with Gasteiger partial charge in [0.1, 0.15) is 11.5 Å². The average Bonchev–Trinajstić information content (AvgIpc) is 2.62. The third-order valence-corrected chi connectivity index (χ3v) is 4.56. The van der Waals surface area contributed by atoms with Crippen LogP contribution < -0.4 is 4.74 Å². The molecule has 0 fully saturated rings. The van der Waals surface area contributed by atoms with Gasteiger partial charge in [-0.1, -0.05) is 37.6 Å². The summed E-state index contributed by atoms with van der Waals surface area (Å²) in [6.45, 7) is 6.04. The van der Waals surface area contributed by atoms with Gasteiger partial charge in [-0.2, -0.15) is 0 Å². The Balaban J connectivity index is 1.86. The zero-order valence-electron chi connectivity index (χ0n) is 16.1. The zero-order valence-corrected chi connectivity index (χ0v) is 16.8. The predicted octanol–water partition coefficient (Wildman–Crippen LogP) is 5.71. The van der Waals surface area contributed by atoms with Gasteiger partial charge in [-0.05, 0) is 61.2 Å². The molecule has 0 bridgehead atoms. The van der Waals surface area contributed by atoms with Gasteiger partial charge < -0.3 is 14.6 Å². The summed E-state index contributed by atoms with van der Waals surface area (Å²) in [6, 6.07) is 14.3. The molecule has 1 N–H and O–H groups in total. The van der Waals surface area contributed by atoms with E-state index in [1.807, 2.05) is 12.1 Å². The van der Waals surface area contributed by atoms with E-state index in [2.05, 4.69) is 13.8 Å². The Morgan fingerprint density at radius 3 is 2.19 bits per heavy atom. The SMILES string of the molecule is CC(C)CCC(=O)OCCC(C)(O)c1ccc(Oc2ccc(Cl)cc2)cc1. The molecule has 0 saturated heterocycles. The smallest absolute Gasteiger partial charge is 0.305 e. The van der Waals surface area contributed by atoms with E-state index in [0.29, 0.717) is 35.3 Å². The first-order chi connectivity index (χ1) is 12.8. The van der Waals surface area contributed by atoms with Crippen LogP contribution in [0.2, 0.25) is 5.02 Å². The van der Waals surface area contributed by atoms with E-state index < -0.39 is 5.60 Å². The Kier molecular flexibility index (Phi) is 7.69. The lowest BCUT2D eigenvalue weighted by Crippen LogP contribution is -2.24. The highest BCUT2D eigenvalue weighted by atomic mass is 35.5. The average molecular weight is 391 g/mol. The van der Waals surface area contributed by atoms with E-state index in [9.17, 15) is 9.90 Å². The van der Waals surface area contributed by atoms with E-state index in [0.717, 1.165) is 12.0 Å². The van der Waals surface area contributed by atoms with Crippen molar-refractivity contribution in [3.05, 3.63) is 59.1 Å². The van der Waals surface area contributed by atoms with Crippen LogP contribution in [0, 0.1) is 5.92 Å². The summed E-state index contributed by atoms with van der Waals surface area (Å²) in [5, 5.41) is 11.3.